The Labute approximate surface area is 181 Å². The van der Waals surface area contributed by atoms with E-state index in [1.54, 1.807) is 31.2 Å². The third-order valence-electron chi connectivity index (χ3n) is 5.40. The van der Waals surface area contributed by atoms with E-state index in [1.165, 1.54) is 10.4 Å². The summed E-state index contributed by atoms with van der Waals surface area (Å²) in [5, 5.41) is 9.77. The number of nitrogens with one attached hydrogen (secondary N) is 2. The molecule has 4 rings (SSSR count). The standard InChI is InChI=1S/C22H25N5O3S/c1-15-6-11-19(31(29,30)27-12-4-3-5-13-27)14-20(15)22(28)24-18-9-7-17(8-10-18)21-23-16(2)25-26-21/h6-11,14H,3-5,12-13H2,1-2H3,(H,24,28)(H,23,25,26). The van der Waals surface area contributed by atoms with E-state index >= 15 is 0 Å². The molecule has 2 aromatic carbocycles. The van der Waals surface area contributed by atoms with Crippen LogP contribution in [0.2, 0.25) is 0 Å². The second kappa shape index (κ2) is 8.60. The van der Waals surface area contributed by atoms with Crippen LogP contribution < -0.4 is 5.32 Å². The minimum Gasteiger partial charge on any atom is -0.322 e. The third-order valence-corrected chi connectivity index (χ3v) is 7.30. The number of piperidine rings is 1. The van der Waals surface area contributed by atoms with Gasteiger partial charge in [0, 0.05) is 29.9 Å². The molecule has 1 aliphatic rings. The van der Waals surface area contributed by atoms with Crippen LogP contribution in [-0.2, 0) is 10.0 Å². The Hall–Kier alpha value is -3.04. The molecular formula is C22H25N5O3S. The molecule has 0 radical (unpaired) electrons. The van der Waals surface area contributed by atoms with Crippen LogP contribution in [0, 0.1) is 13.8 Å². The van der Waals surface area contributed by atoms with Gasteiger partial charge in [0.1, 0.15) is 5.82 Å². The first-order chi connectivity index (χ1) is 14.8. The van der Waals surface area contributed by atoms with Crippen molar-refractivity contribution in [2.75, 3.05) is 18.4 Å². The summed E-state index contributed by atoms with van der Waals surface area (Å²) in [5.41, 5.74) is 2.48. The lowest BCUT2D eigenvalue weighted by molar-refractivity contribution is 0.102. The summed E-state index contributed by atoms with van der Waals surface area (Å²) in [6, 6.07) is 11.9. The number of amides is 1. The van der Waals surface area contributed by atoms with E-state index in [1.807, 2.05) is 19.1 Å². The summed E-state index contributed by atoms with van der Waals surface area (Å²) >= 11 is 0. The molecule has 0 bridgehead atoms. The number of hydrogen-bond acceptors (Lipinski definition) is 5. The Morgan fingerprint density at radius 2 is 1.74 bits per heavy atom. The number of rotatable bonds is 5. The van der Waals surface area contributed by atoms with E-state index in [4.69, 9.17) is 0 Å². The first-order valence-corrected chi connectivity index (χ1v) is 11.7. The molecule has 0 aliphatic carbocycles. The second-order valence-electron chi connectivity index (χ2n) is 7.72. The average Bonchev–Trinajstić information content (AvgIpc) is 3.21. The van der Waals surface area contributed by atoms with Crippen LogP contribution in [0.4, 0.5) is 5.69 Å². The quantitative estimate of drug-likeness (QED) is 0.632. The van der Waals surface area contributed by atoms with Gasteiger partial charge in [0.05, 0.1) is 4.90 Å². The Bertz CT molecular complexity index is 1200. The predicted octanol–water partition coefficient (Wildman–Crippen LogP) is 3.52. The molecule has 2 heterocycles. The van der Waals surface area contributed by atoms with Crippen LogP contribution in [0.5, 0.6) is 0 Å². The van der Waals surface area contributed by atoms with E-state index in [9.17, 15) is 13.2 Å². The van der Waals surface area contributed by atoms with Gasteiger partial charge >= 0.3 is 0 Å². The first kappa shape index (κ1) is 21.2. The number of benzene rings is 2. The lowest BCUT2D eigenvalue weighted by Gasteiger charge is -2.26. The number of hydrogen-bond donors (Lipinski definition) is 2. The van der Waals surface area contributed by atoms with Crippen molar-refractivity contribution in [2.45, 2.75) is 38.0 Å². The molecule has 0 atom stereocenters. The van der Waals surface area contributed by atoms with Crippen molar-refractivity contribution in [1.29, 1.82) is 0 Å². The monoisotopic (exact) mass is 439 g/mol. The average molecular weight is 440 g/mol. The second-order valence-corrected chi connectivity index (χ2v) is 9.66. The maximum Gasteiger partial charge on any atom is 0.255 e. The summed E-state index contributed by atoms with van der Waals surface area (Å²) in [7, 11) is -3.61. The molecule has 8 nitrogen and oxygen atoms in total. The number of sulfonamides is 1. The van der Waals surface area contributed by atoms with Crippen molar-refractivity contribution in [1.82, 2.24) is 19.5 Å². The van der Waals surface area contributed by atoms with Gasteiger partial charge in [-0.2, -0.15) is 9.40 Å². The molecule has 3 aromatic rings. The molecule has 9 heteroatoms. The highest BCUT2D eigenvalue weighted by molar-refractivity contribution is 7.89. The summed E-state index contributed by atoms with van der Waals surface area (Å²) in [5.74, 6) is 0.957. The fourth-order valence-corrected chi connectivity index (χ4v) is 5.18. The molecule has 1 amide bonds. The zero-order valence-corrected chi connectivity index (χ0v) is 18.4. The molecule has 162 valence electrons. The molecule has 1 aliphatic heterocycles. The molecule has 0 unspecified atom stereocenters. The number of nitrogens with zero attached hydrogens (tertiary/aromatic N) is 3. The number of H-pyrrole nitrogens is 1. The van der Waals surface area contributed by atoms with Crippen molar-refractivity contribution in [3.63, 3.8) is 0 Å². The predicted molar refractivity (Wildman–Crippen MR) is 118 cm³/mol. The topological polar surface area (TPSA) is 108 Å². The van der Waals surface area contributed by atoms with E-state index in [2.05, 4.69) is 20.5 Å². The van der Waals surface area contributed by atoms with Crippen LogP contribution in [0.3, 0.4) is 0 Å². The van der Waals surface area contributed by atoms with Gasteiger partial charge in [-0.1, -0.05) is 12.5 Å². The van der Waals surface area contributed by atoms with Gasteiger partial charge in [-0.05, 0) is 68.7 Å². The molecule has 0 saturated carbocycles. The number of anilines is 1. The fraction of sp³-hybridized carbons (Fsp3) is 0.318. The molecule has 2 N–H and O–H groups in total. The van der Waals surface area contributed by atoms with E-state index < -0.39 is 10.0 Å². The summed E-state index contributed by atoms with van der Waals surface area (Å²) in [6.45, 7) is 4.66. The van der Waals surface area contributed by atoms with Gasteiger partial charge in [-0.3, -0.25) is 9.89 Å². The van der Waals surface area contributed by atoms with Crippen molar-refractivity contribution in [3.8, 4) is 11.4 Å². The highest BCUT2D eigenvalue weighted by Gasteiger charge is 2.27. The van der Waals surface area contributed by atoms with Crippen molar-refractivity contribution < 1.29 is 13.2 Å². The molecule has 31 heavy (non-hydrogen) atoms. The summed E-state index contributed by atoms with van der Waals surface area (Å²) < 4.78 is 27.5. The SMILES string of the molecule is Cc1nc(-c2ccc(NC(=O)c3cc(S(=O)(=O)N4CCCCC4)ccc3C)cc2)n[nH]1. The van der Waals surface area contributed by atoms with Gasteiger partial charge in [0.2, 0.25) is 10.0 Å². The Morgan fingerprint density at radius 3 is 2.39 bits per heavy atom. The van der Waals surface area contributed by atoms with Crippen LogP contribution in [0.1, 0.15) is 41.0 Å². The molecular weight excluding hydrogens is 414 g/mol. The van der Waals surface area contributed by atoms with Gasteiger partial charge < -0.3 is 5.32 Å². The Kier molecular flexibility index (Phi) is 5.88. The van der Waals surface area contributed by atoms with Crippen molar-refractivity contribution >= 4 is 21.6 Å². The highest BCUT2D eigenvalue weighted by Crippen LogP contribution is 2.24. The van der Waals surface area contributed by atoms with E-state index in [0.29, 0.717) is 35.7 Å². The van der Waals surface area contributed by atoms with Gasteiger partial charge in [-0.25, -0.2) is 13.4 Å². The number of aromatic nitrogens is 3. The van der Waals surface area contributed by atoms with Crippen LogP contribution in [0.15, 0.2) is 47.4 Å². The minimum absolute atomic E-state index is 0.153. The summed E-state index contributed by atoms with van der Waals surface area (Å²) in [4.78, 5) is 17.3. The van der Waals surface area contributed by atoms with Crippen LogP contribution in [0.25, 0.3) is 11.4 Å². The molecule has 0 spiro atoms. The number of aromatic amines is 1. The lowest BCUT2D eigenvalue weighted by Crippen LogP contribution is -2.35. The van der Waals surface area contributed by atoms with Gasteiger partial charge in [0.25, 0.3) is 5.91 Å². The molecule has 1 aromatic heterocycles. The summed E-state index contributed by atoms with van der Waals surface area (Å²) in [6.07, 6.45) is 2.77. The van der Waals surface area contributed by atoms with E-state index in [0.717, 1.165) is 30.7 Å². The minimum atomic E-state index is -3.61. The number of carbonyl (C=O) groups is 1. The first-order valence-electron chi connectivity index (χ1n) is 10.3. The molecule has 1 saturated heterocycles. The maximum atomic E-state index is 13.0. The van der Waals surface area contributed by atoms with Crippen molar-refractivity contribution in [3.05, 3.63) is 59.4 Å². The Balaban J connectivity index is 1.54. The molecule has 1 fully saturated rings. The van der Waals surface area contributed by atoms with Gasteiger partial charge in [0.15, 0.2) is 5.82 Å². The zero-order chi connectivity index (χ0) is 22.0. The number of carbonyl (C=O) groups excluding carboxylic acids is 1. The smallest absolute Gasteiger partial charge is 0.255 e. The van der Waals surface area contributed by atoms with Crippen LogP contribution in [-0.4, -0.2) is 46.9 Å². The zero-order valence-electron chi connectivity index (χ0n) is 17.6. The maximum absolute atomic E-state index is 13.0. The number of aryl methyl sites for hydroxylation is 2. The highest BCUT2D eigenvalue weighted by atomic mass is 32.2. The van der Waals surface area contributed by atoms with Crippen molar-refractivity contribution in [2.24, 2.45) is 0 Å². The Morgan fingerprint density at radius 1 is 1.03 bits per heavy atom. The fourth-order valence-electron chi connectivity index (χ4n) is 3.63. The van der Waals surface area contributed by atoms with Crippen LogP contribution >= 0.6 is 0 Å². The normalized spacial score (nSPS) is 15.0. The largest absolute Gasteiger partial charge is 0.322 e. The van der Waals surface area contributed by atoms with E-state index in [-0.39, 0.29) is 10.8 Å². The van der Waals surface area contributed by atoms with Gasteiger partial charge in [-0.15, -0.1) is 0 Å². The third kappa shape index (κ3) is 4.52. The lowest BCUT2D eigenvalue weighted by atomic mass is 10.1.